The van der Waals surface area contributed by atoms with Crippen molar-refractivity contribution in [1.82, 2.24) is 9.80 Å². The molecule has 2 heterocycles. The maximum Gasteiger partial charge on any atom is 0.230 e. The number of benzene rings is 2. The minimum Gasteiger partial charge on any atom is -0.493 e. The molecule has 2 aromatic carbocycles. The Labute approximate surface area is 161 Å². The summed E-state index contributed by atoms with van der Waals surface area (Å²) in [6.45, 7) is 5.01. The van der Waals surface area contributed by atoms with Crippen molar-refractivity contribution in [3.8, 4) is 5.75 Å². The molecule has 4 rings (SSSR count). The molecule has 2 aliphatic rings. The van der Waals surface area contributed by atoms with Gasteiger partial charge in [0.1, 0.15) is 5.75 Å². The molecule has 140 valence electrons. The molecule has 1 saturated heterocycles. The molecule has 0 aliphatic carbocycles. The molecule has 2 aliphatic heterocycles. The molecule has 4 heteroatoms. The fraction of sp³-hybridized carbons (Fsp3) is 0.348. The number of hydrogen-bond donors (Lipinski definition) is 0. The third-order valence-electron chi connectivity index (χ3n) is 5.41. The lowest BCUT2D eigenvalue weighted by Crippen LogP contribution is -2.50. The van der Waals surface area contributed by atoms with E-state index >= 15 is 0 Å². The van der Waals surface area contributed by atoms with E-state index in [-0.39, 0.29) is 11.8 Å². The van der Waals surface area contributed by atoms with E-state index in [4.69, 9.17) is 4.74 Å². The molecule has 0 radical (unpaired) electrons. The number of fused-ring (bicyclic) bond motifs is 1. The topological polar surface area (TPSA) is 32.8 Å². The minimum atomic E-state index is -0.0560. The summed E-state index contributed by atoms with van der Waals surface area (Å²) < 4.78 is 5.70. The molecule has 0 N–H and O–H groups in total. The van der Waals surface area contributed by atoms with E-state index in [1.54, 1.807) is 0 Å². The lowest BCUT2D eigenvalue weighted by Gasteiger charge is -2.37. The number of piperazine rings is 1. The molecule has 27 heavy (non-hydrogen) atoms. The van der Waals surface area contributed by atoms with Crippen molar-refractivity contribution in [2.75, 3.05) is 39.3 Å². The highest BCUT2D eigenvalue weighted by atomic mass is 16.5. The molecule has 0 saturated carbocycles. The van der Waals surface area contributed by atoms with Gasteiger partial charge in [0, 0.05) is 38.3 Å². The maximum atomic E-state index is 13.1. The van der Waals surface area contributed by atoms with Crippen LogP contribution in [-0.2, 0) is 4.79 Å². The number of carbonyl (C=O) groups excluding carboxylic acids is 1. The van der Waals surface area contributed by atoms with Gasteiger partial charge in [0.05, 0.1) is 12.5 Å². The van der Waals surface area contributed by atoms with Crippen molar-refractivity contribution in [3.05, 3.63) is 71.8 Å². The number of amides is 1. The summed E-state index contributed by atoms with van der Waals surface area (Å²) in [5.74, 6) is 1.07. The van der Waals surface area contributed by atoms with Crippen molar-refractivity contribution in [2.45, 2.75) is 12.3 Å². The Bertz CT molecular complexity index is 795. The van der Waals surface area contributed by atoms with Gasteiger partial charge < -0.3 is 9.64 Å². The Kier molecular flexibility index (Phi) is 5.54. The third kappa shape index (κ3) is 4.22. The fourth-order valence-corrected chi connectivity index (χ4v) is 3.87. The first kappa shape index (κ1) is 17.8. The standard InChI is InChI=1S/C23H26N2O2/c26-23(21-12-18-27-22-11-5-4-10-20(21)22)25-16-14-24(15-17-25)13-6-9-19-7-2-1-3-8-19/h1-11,21H,12-18H2/b9-6+. The van der Waals surface area contributed by atoms with Crippen LogP contribution >= 0.6 is 0 Å². The summed E-state index contributed by atoms with van der Waals surface area (Å²) >= 11 is 0. The van der Waals surface area contributed by atoms with Crippen LogP contribution in [0.25, 0.3) is 6.08 Å². The van der Waals surface area contributed by atoms with E-state index in [2.05, 4.69) is 41.3 Å². The first-order chi connectivity index (χ1) is 13.3. The van der Waals surface area contributed by atoms with Gasteiger partial charge in [-0.25, -0.2) is 0 Å². The molecular weight excluding hydrogens is 336 g/mol. The second kappa shape index (κ2) is 8.40. The summed E-state index contributed by atoms with van der Waals surface area (Å²) in [6.07, 6.45) is 5.15. The van der Waals surface area contributed by atoms with Crippen LogP contribution in [0.2, 0.25) is 0 Å². The lowest BCUT2D eigenvalue weighted by atomic mass is 9.91. The van der Waals surface area contributed by atoms with E-state index in [0.29, 0.717) is 6.61 Å². The highest BCUT2D eigenvalue weighted by Crippen LogP contribution is 2.34. The number of ether oxygens (including phenoxy) is 1. The van der Waals surface area contributed by atoms with E-state index in [1.807, 2.05) is 35.2 Å². The summed E-state index contributed by atoms with van der Waals surface area (Å²) in [5, 5.41) is 0. The molecule has 1 atom stereocenters. The van der Waals surface area contributed by atoms with Crippen LogP contribution in [0.4, 0.5) is 0 Å². The maximum absolute atomic E-state index is 13.1. The predicted octanol–water partition coefficient (Wildman–Crippen LogP) is 3.41. The van der Waals surface area contributed by atoms with Gasteiger partial charge in [-0.15, -0.1) is 0 Å². The molecule has 4 nitrogen and oxygen atoms in total. The predicted molar refractivity (Wildman–Crippen MR) is 108 cm³/mol. The first-order valence-electron chi connectivity index (χ1n) is 9.76. The van der Waals surface area contributed by atoms with Gasteiger partial charge in [-0.1, -0.05) is 60.7 Å². The first-order valence-corrected chi connectivity index (χ1v) is 9.76. The molecule has 0 bridgehead atoms. The molecular formula is C23H26N2O2. The van der Waals surface area contributed by atoms with Gasteiger partial charge in [0.25, 0.3) is 0 Å². The third-order valence-corrected chi connectivity index (χ3v) is 5.41. The zero-order valence-corrected chi connectivity index (χ0v) is 15.6. The number of nitrogens with zero attached hydrogens (tertiary/aromatic N) is 2. The van der Waals surface area contributed by atoms with Crippen molar-refractivity contribution < 1.29 is 9.53 Å². The zero-order valence-electron chi connectivity index (χ0n) is 15.6. The molecule has 1 fully saturated rings. The number of rotatable bonds is 4. The average molecular weight is 362 g/mol. The van der Waals surface area contributed by atoms with Crippen molar-refractivity contribution >= 4 is 12.0 Å². The molecule has 0 aromatic heterocycles. The number of carbonyl (C=O) groups is 1. The largest absolute Gasteiger partial charge is 0.493 e. The summed E-state index contributed by atoms with van der Waals surface area (Å²) in [6, 6.07) is 18.3. The van der Waals surface area contributed by atoms with E-state index in [9.17, 15) is 4.79 Å². The van der Waals surface area contributed by atoms with Gasteiger partial charge in [0.15, 0.2) is 0 Å². The van der Waals surface area contributed by atoms with Crippen LogP contribution in [0.3, 0.4) is 0 Å². The summed E-state index contributed by atoms with van der Waals surface area (Å²) in [4.78, 5) is 17.5. The highest BCUT2D eigenvalue weighted by molar-refractivity contribution is 5.85. The van der Waals surface area contributed by atoms with Crippen LogP contribution < -0.4 is 4.74 Å². The van der Waals surface area contributed by atoms with Gasteiger partial charge in [-0.3, -0.25) is 9.69 Å². The second-order valence-electron chi connectivity index (χ2n) is 7.17. The van der Waals surface area contributed by atoms with Crippen LogP contribution in [0.15, 0.2) is 60.7 Å². The fourth-order valence-electron chi connectivity index (χ4n) is 3.87. The Morgan fingerprint density at radius 1 is 1.00 bits per heavy atom. The summed E-state index contributed by atoms with van der Waals surface area (Å²) in [7, 11) is 0. The quantitative estimate of drug-likeness (QED) is 0.836. The Balaban J connectivity index is 1.31. The second-order valence-corrected chi connectivity index (χ2v) is 7.17. The van der Waals surface area contributed by atoms with Gasteiger partial charge in [0.2, 0.25) is 5.91 Å². The molecule has 1 unspecified atom stereocenters. The smallest absolute Gasteiger partial charge is 0.230 e. The summed E-state index contributed by atoms with van der Waals surface area (Å²) in [5.41, 5.74) is 2.27. The molecule has 0 spiro atoms. The Morgan fingerprint density at radius 2 is 1.74 bits per heavy atom. The van der Waals surface area contributed by atoms with E-state index in [1.165, 1.54) is 5.56 Å². The number of para-hydroxylation sites is 1. The minimum absolute atomic E-state index is 0.0560. The monoisotopic (exact) mass is 362 g/mol. The van der Waals surface area contributed by atoms with E-state index < -0.39 is 0 Å². The molecule has 1 amide bonds. The highest BCUT2D eigenvalue weighted by Gasteiger charge is 2.32. The Hall–Kier alpha value is -2.59. The number of hydrogen-bond acceptors (Lipinski definition) is 3. The van der Waals surface area contributed by atoms with Gasteiger partial charge >= 0.3 is 0 Å². The van der Waals surface area contributed by atoms with Gasteiger partial charge in [-0.05, 0) is 18.1 Å². The van der Waals surface area contributed by atoms with Crippen molar-refractivity contribution in [1.29, 1.82) is 0 Å². The van der Waals surface area contributed by atoms with Crippen LogP contribution in [0.5, 0.6) is 5.75 Å². The average Bonchev–Trinajstić information content (AvgIpc) is 2.74. The van der Waals surface area contributed by atoms with Crippen LogP contribution in [0, 0.1) is 0 Å². The lowest BCUT2D eigenvalue weighted by molar-refractivity contribution is -0.135. The Morgan fingerprint density at radius 3 is 2.56 bits per heavy atom. The van der Waals surface area contributed by atoms with Crippen LogP contribution in [0.1, 0.15) is 23.5 Å². The van der Waals surface area contributed by atoms with Crippen LogP contribution in [-0.4, -0.2) is 55.0 Å². The van der Waals surface area contributed by atoms with Gasteiger partial charge in [-0.2, -0.15) is 0 Å². The van der Waals surface area contributed by atoms with Crippen molar-refractivity contribution in [3.63, 3.8) is 0 Å². The van der Waals surface area contributed by atoms with E-state index in [0.717, 1.165) is 50.5 Å². The normalized spacial score (nSPS) is 20.3. The SMILES string of the molecule is O=C(C1CCOc2ccccc21)N1CCN(C/C=C/c2ccccc2)CC1. The molecule has 2 aromatic rings. The van der Waals surface area contributed by atoms with Crippen molar-refractivity contribution in [2.24, 2.45) is 0 Å². The zero-order chi connectivity index (χ0) is 18.5.